The van der Waals surface area contributed by atoms with Crippen LogP contribution in [0.1, 0.15) is 10.4 Å². The molecule has 0 aliphatic rings. The van der Waals surface area contributed by atoms with E-state index >= 15 is 0 Å². The Hall–Kier alpha value is -2.11. The molecule has 4 nitrogen and oxygen atoms in total. The van der Waals surface area contributed by atoms with Crippen molar-refractivity contribution in [3.8, 4) is 0 Å². The van der Waals surface area contributed by atoms with E-state index in [1.54, 1.807) is 30.3 Å². The lowest BCUT2D eigenvalue weighted by Gasteiger charge is -2.06. The van der Waals surface area contributed by atoms with Gasteiger partial charge in [-0.2, -0.15) is 0 Å². The van der Waals surface area contributed by atoms with Crippen molar-refractivity contribution in [1.29, 1.82) is 0 Å². The highest BCUT2D eigenvalue weighted by molar-refractivity contribution is 6.58. The highest BCUT2D eigenvalue weighted by atomic mass is 16.4. The SMILES string of the molecule is O=C(Nc1ccccc1)c1cccc(B(O)O)c1. The van der Waals surface area contributed by atoms with Crippen LogP contribution < -0.4 is 10.8 Å². The van der Waals surface area contributed by atoms with Crippen LogP contribution in [-0.4, -0.2) is 23.1 Å². The van der Waals surface area contributed by atoms with Gasteiger partial charge in [-0.15, -0.1) is 0 Å². The van der Waals surface area contributed by atoms with E-state index in [-0.39, 0.29) is 11.4 Å². The molecule has 0 bridgehead atoms. The number of anilines is 1. The fourth-order valence-corrected chi connectivity index (χ4v) is 1.57. The maximum absolute atomic E-state index is 11.9. The van der Waals surface area contributed by atoms with Gasteiger partial charge in [0.2, 0.25) is 0 Å². The first-order valence-electron chi connectivity index (χ1n) is 5.49. The van der Waals surface area contributed by atoms with Gasteiger partial charge in [0.05, 0.1) is 0 Å². The van der Waals surface area contributed by atoms with Gasteiger partial charge in [0, 0.05) is 11.3 Å². The van der Waals surface area contributed by atoms with E-state index in [2.05, 4.69) is 5.32 Å². The van der Waals surface area contributed by atoms with Crippen LogP contribution in [0.4, 0.5) is 5.69 Å². The second kappa shape index (κ2) is 5.49. The summed E-state index contributed by atoms with van der Waals surface area (Å²) >= 11 is 0. The minimum Gasteiger partial charge on any atom is -0.423 e. The Morgan fingerprint density at radius 3 is 2.39 bits per heavy atom. The Bertz CT molecular complexity index is 543. The molecule has 0 fully saturated rings. The summed E-state index contributed by atoms with van der Waals surface area (Å²) in [4.78, 5) is 11.9. The van der Waals surface area contributed by atoms with E-state index in [4.69, 9.17) is 10.0 Å². The molecule has 0 atom stereocenters. The fraction of sp³-hybridized carbons (Fsp3) is 0. The number of hydrogen-bond donors (Lipinski definition) is 3. The van der Waals surface area contributed by atoms with Gasteiger partial charge in [-0.05, 0) is 29.7 Å². The Kier molecular flexibility index (Phi) is 3.77. The molecule has 5 heteroatoms. The summed E-state index contributed by atoms with van der Waals surface area (Å²) in [6, 6.07) is 15.3. The molecule has 0 aliphatic heterocycles. The van der Waals surface area contributed by atoms with Gasteiger partial charge in [0.15, 0.2) is 0 Å². The second-order valence-electron chi connectivity index (χ2n) is 3.82. The van der Waals surface area contributed by atoms with Crippen molar-refractivity contribution >= 4 is 24.2 Å². The molecule has 0 spiro atoms. The van der Waals surface area contributed by atoms with Crippen molar-refractivity contribution in [3.05, 3.63) is 60.2 Å². The van der Waals surface area contributed by atoms with Gasteiger partial charge >= 0.3 is 7.12 Å². The summed E-state index contributed by atoms with van der Waals surface area (Å²) in [6.07, 6.45) is 0. The molecule has 0 saturated carbocycles. The van der Waals surface area contributed by atoms with Crippen LogP contribution in [0, 0.1) is 0 Å². The summed E-state index contributed by atoms with van der Waals surface area (Å²) in [7, 11) is -1.57. The minimum absolute atomic E-state index is 0.288. The van der Waals surface area contributed by atoms with Gasteiger partial charge in [-0.25, -0.2) is 0 Å². The van der Waals surface area contributed by atoms with Crippen LogP contribution >= 0.6 is 0 Å². The third-order valence-electron chi connectivity index (χ3n) is 2.48. The molecule has 0 heterocycles. The number of benzene rings is 2. The molecule has 1 amide bonds. The summed E-state index contributed by atoms with van der Waals surface area (Å²) in [5, 5.41) is 20.8. The van der Waals surface area contributed by atoms with Gasteiger partial charge < -0.3 is 15.4 Å². The molecule has 2 aromatic carbocycles. The number of rotatable bonds is 3. The predicted molar refractivity (Wildman–Crippen MR) is 70.7 cm³/mol. The molecule has 0 unspecified atom stereocenters. The Morgan fingerprint density at radius 2 is 1.72 bits per heavy atom. The average Bonchev–Trinajstić information content (AvgIpc) is 2.40. The van der Waals surface area contributed by atoms with Crippen molar-refractivity contribution in [3.63, 3.8) is 0 Å². The smallest absolute Gasteiger partial charge is 0.423 e. The molecule has 2 rings (SSSR count). The number of hydrogen-bond acceptors (Lipinski definition) is 3. The van der Waals surface area contributed by atoms with Gasteiger partial charge in [-0.3, -0.25) is 4.79 Å². The van der Waals surface area contributed by atoms with Crippen LogP contribution in [0.15, 0.2) is 54.6 Å². The molecule has 0 aliphatic carbocycles. The summed E-state index contributed by atoms with van der Waals surface area (Å²) < 4.78 is 0. The quantitative estimate of drug-likeness (QED) is 0.690. The van der Waals surface area contributed by atoms with Crippen LogP contribution in [-0.2, 0) is 0 Å². The molecule has 0 aromatic heterocycles. The average molecular weight is 241 g/mol. The van der Waals surface area contributed by atoms with Crippen molar-refractivity contribution in [1.82, 2.24) is 0 Å². The van der Waals surface area contributed by atoms with Gasteiger partial charge in [0.25, 0.3) is 5.91 Å². The minimum atomic E-state index is -1.57. The molecular formula is C13H12BNO3. The maximum atomic E-state index is 11.9. The number of carbonyl (C=O) groups is 1. The van der Waals surface area contributed by atoms with E-state index in [1.807, 2.05) is 18.2 Å². The van der Waals surface area contributed by atoms with Crippen molar-refractivity contribution in [2.45, 2.75) is 0 Å². The number of nitrogens with one attached hydrogen (secondary N) is 1. The summed E-state index contributed by atoms with van der Waals surface area (Å²) in [5.74, 6) is -0.288. The third kappa shape index (κ3) is 2.97. The molecule has 18 heavy (non-hydrogen) atoms. The zero-order valence-electron chi connectivity index (χ0n) is 9.58. The number of para-hydroxylation sites is 1. The van der Waals surface area contributed by atoms with Crippen molar-refractivity contribution < 1.29 is 14.8 Å². The number of amides is 1. The third-order valence-corrected chi connectivity index (χ3v) is 2.48. The lowest BCUT2D eigenvalue weighted by atomic mass is 9.79. The summed E-state index contributed by atoms with van der Waals surface area (Å²) in [6.45, 7) is 0. The molecule has 90 valence electrons. The normalized spacial score (nSPS) is 9.89. The van der Waals surface area contributed by atoms with E-state index in [0.717, 1.165) is 0 Å². The lowest BCUT2D eigenvalue weighted by Crippen LogP contribution is -2.30. The largest absolute Gasteiger partial charge is 0.488 e. The Labute approximate surface area is 105 Å². The molecule has 0 radical (unpaired) electrons. The number of carbonyl (C=O) groups excluding carboxylic acids is 1. The van der Waals surface area contributed by atoms with E-state index < -0.39 is 7.12 Å². The van der Waals surface area contributed by atoms with Crippen LogP contribution in [0.2, 0.25) is 0 Å². The molecule has 3 N–H and O–H groups in total. The van der Waals surface area contributed by atoms with E-state index in [1.165, 1.54) is 6.07 Å². The molecule has 2 aromatic rings. The maximum Gasteiger partial charge on any atom is 0.488 e. The topological polar surface area (TPSA) is 69.6 Å². The first kappa shape index (κ1) is 12.4. The summed E-state index contributed by atoms with van der Waals surface area (Å²) in [5.41, 5.74) is 1.36. The first-order valence-corrected chi connectivity index (χ1v) is 5.49. The first-order chi connectivity index (χ1) is 8.66. The van der Waals surface area contributed by atoms with Gasteiger partial charge in [-0.1, -0.05) is 30.3 Å². The highest BCUT2D eigenvalue weighted by Crippen LogP contribution is 2.07. The van der Waals surface area contributed by atoms with Crippen LogP contribution in [0.5, 0.6) is 0 Å². The predicted octanol–water partition coefficient (Wildman–Crippen LogP) is 0.619. The van der Waals surface area contributed by atoms with Crippen molar-refractivity contribution in [2.24, 2.45) is 0 Å². The van der Waals surface area contributed by atoms with E-state index in [0.29, 0.717) is 11.3 Å². The Balaban J connectivity index is 2.16. The highest BCUT2D eigenvalue weighted by Gasteiger charge is 2.13. The van der Waals surface area contributed by atoms with Gasteiger partial charge in [0.1, 0.15) is 0 Å². The van der Waals surface area contributed by atoms with Crippen molar-refractivity contribution in [2.75, 3.05) is 5.32 Å². The molecular weight excluding hydrogens is 229 g/mol. The lowest BCUT2D eigenvalue weighted by molar-refractivity contribution is 0.102. The zero-order chi connectivity index (χ0) is 13.0. The van der Waals surface area contributed by atoms with Crippen LogP contribution in [0.3, 0.4) is 0 Å². The monoisotopic (exact) mass is 241 g/mol. The van der Waals surface area contributed by atoms with E-state index in [9.17, 15) is 4.79 Å². The second-order valence-corrected chi connectivity index (χ2v) is 3.82. The molecule has 0 saturated heterocycles. The van der Waals surface area contributed by atoms with Crippen LogP contribution in [0.25, 0.3) is 0 Å². The fourth-order valence-electron chi connectivity index (χ4n) is 1.57. The zero-order valence-corrected chi connectivity index (χ0v) is 9.58. The Morgan fingerprint density at radius 1 is 1.00 bits per heavy atom. The standard InChI is InChI=1S/C13H12BNO3/c16-13(15-12-7-2-1-3-8-12)10-5-4-6-11(9-10)14(17)18/h1-9,17-18H,(H,15,16).